The van der Waals surface area contributed by atoms with Crippen LogP contribution in [0, 0.1) is 12.8 Å². The first-order valence-electron chi connectivity index (χ1n) is 5.90. The lowest BCUT2D eigenvalue weighted by atomic mass is 10.2. The van der Waals surface area contributed by atoms with Gasteiger partial charge in [0.1, 0.15) is 11.4 Å². The Morgan fingerprint density at radius 2 is 2.12 bits per heavy atom. The normalized spacial score (nSPS) is 10.9. The Bertz CT molecular complexity index is 410. The molecule has 0 saturated heterocycles. The zero-order chi connectivity index (χ0) is 13.2. The lowest BCUT2D eigenvalue weighted by molar-refractivity contribution is 0.0696. The smallest absolute Gasteiger partial charge is 0.341 e. The van der Waals surface area contributed by atoms with Crippen LogP contribution in [0.5, 0.6) is 0 Å². The number of hydrogen-bond acceptors (Lipinski definition) is 3. The zero-order valence-electron chi connectivity index (χ0n) is 11.2. The molecule has 0 radical (unpaired) electrons. The van der Waals surface area contributed by atoms with Crippen molar-refractivity contribution in [1.29, 1.82) is 0 Å². The van der Waals surface area contributed by atoms with Crippen molar-refractivity contribution in [3.63, 3.8) is 0 Å². The molecule has 0 amide bonds. The van der Waals surface area contributed by atoms with Gasteiger partial charge in [-0.3, -0.25) is 4.68 Å². The van der Waals surface area contributed by atoms with E-state index in [0.29, 0.717) is 23.0 Å². The van der Waals surface area contributed by atoms with E-state index in [2.05, 4.69) is 23.8 Å². The molecule has 0 aromatic carbocycles. The summed E-state index contributed by atoms with van der Waals surface area (Å²) in [4.78, 5) is 13.3. The van der Waals surface area contributed by atoms with Gasteiger partial charge in [-0.05, 0) is 19.8 Å². The number of rotatable bonds is 5. The van der Waals surface area contributed by atoms with Crippen molar-refractivity contribution in [2.24, 2.45) is 13.0 Å². The van der Waals surface area contributed by atoms with Gasteiger partial charge in [-0.25, -0.2) is 4.79 Å². The van der Waals surface area contributed by atoms with Gasteiger partial charge in [0, 0.05) is 20.1 Å². The average Bonchev–Trinajstić information content (AvgIpc) is 2.49. The molecule has 1 aromatic rings. The van der Waals surface area contributed by atoms with E-state index in [1.807, 2.05) is 6.92 Å². The van der Waals surface area contributed by atoms with Crippen LogP contribution in [0.2, 0.25) is 0 Å². The highest BCUT2D eigenvalue weighted by molar-refractivity contribution is 5.94. The van der Waals surface area contributed by atoms with Crippen molar-refractivity contribution in [1.82, 2.24) is 9.78 Å². The molecule has 1 aromatic heterocycles. The minimum atomic E-state index is -0.909. The molecule has 0 saturated carbocycles. The highest BCUT2D eigenvalue weighted by Crippen LogP contribution is 2.23. The maximum absolute atomic E-state index is 11.3. The van der Waals surface area contributed by atoms with Gasteiger partial charge in [0.25, 0.3) is 0 Å². The largest absolute Gasteiger partial charge is 0.477 e. The Balaban J connectivity index is 3.22. The number of carboxylic acids is 1. The first-order chi connectivity index (χ1) is 7.88. The summed E-state index contributed by atoms with van der Waals surface area (Å²) >= 11 is 0. The van der Waals surface area contributed by atoms with Gasteiger partial charge in [0.2, 0.25) is 0 Å². The molecule has 0 aliphatic rings. The van der Waals surface area contributed by atoms with E-state index in [4.69, 9.17) is 0 Å². The molecule has 0 unspecified atom stereocenters. The van der Waals surface area contributed by atoms with Crippen LogP contribution in [-0.2, 0) is 7.05 Å². The highest BCUT2D eigenvalue weighted by Gasteiger charge is 2.23. The number of anilines is 1. The molecule has 0 aliphatic heterocycles. The van der Waals surface area contributed by atoms with Crippen LogP contribution in [0.4, 0.5) is 5.82 Å². The van der Waals surface area contributed by atoms with Crippen molar-refractivity contribution < 1.29 is 9.90 Å². The molecule has 0 bridgehead atoms. The molecule has 5 heteroatoms. The summed E-state index contributed by atoms with van der Waals surface area (Å²) in [5.41, 5.74) is 0.882. The second-order valence-corrected chi connectivity index (χ2v) is 4.65. The second-order valence-electron chi connectivity index (χ2n) is 4.65. The fourth-order valence-corrected chi connectivity index (χ4v) is 2.07. The van der Waals surface area contributed by atoms with Gasteiger partial charge in [-0.15, -0.1) is 0 Å². The quantitative estimate of drug-likeness (QED) is 0.852. The maximum atomic E-state index is 11.3. The van der Waals surface area contributed by atoms with Crippen LogP contribution in [-0.4, -0.2) is 33.9 Å². The van der Waals surface area contributed by atoms with E-state index in [1.54, 1.807) is 18.7 Å². The Morgan fingerprint density at radius 1 is 1.53 bits per heavy atom. The summed E-state index contributed by atoms with van der Waals surface area (Å²) in [6.07, 6.45) is 0. The van der Waals surface area contributed by atoms with Gasteiger partial charge in [0.05, 0.1) is 5.69 Å². The number of carbonyl (C=O) groups is 1. The Kier molecular flexibility index (Phi) is 4.15. The summed E-state index contributed by atoms with van der Waals surface area (Å²) < 4.78 is 1.66. The summed E-state index contributed by atoms with van der Waals surface area (Å²) in [5, 5.41) is 13.5. The summed E-state index contributed by atoms with van der Waals surface area (Å²) in [7, 11) is 1.79. The third-order valence-corrected chi connectivity index (χ3v) is 2.67. The number of carboxylic acid groups (broad SMARTS) is 1. The SMILES string of the molecule is CCN(CC(C)C)c1c(C(=O)O)c(C)nn1C. The molecule has 0 atom stereocenters. The number of hydrogen-bond donors (Lipinski definition) is 1. The van der Waals surface area contributed by atoms with E-state index in [0.717, 1.165) is 13.1 Å². The van der Waals surface area contributed by atoms with Gasteiger partial charge >= 0.3 is 5.97 Å². The lowest BCUT2D eigenvalue weighted by Gasteiger charge is -2.25. The van der Waals surface area contributed by atoms with E-state index >= 15 is 0 Å². The van der Waals surface area contributed by atoms with Crippen molar-refractivity contribution >= 4 is 11.8 Å². The van der Waals surface area contributed by atoms with Crippen molar-refractivity contribution in [2.45, 2.75) is 27.7 Å². The Hall–Kier alpha value is -1.52. The molecule has 0 aliphatic carbocycles. The molecular formula is C12H21N3O2. The van der Waals surface area contributed by atoms with Gasteiger partial charge in [0.15, 0.2) is 0 Å². The predicted octanol–water partition coefficient (Wildman–Crippen LogP) is 1.91. The van der Waals surface area contributed by atoms with E-state index in [-0.39, 0.29) is 0 Å². The molecule has 1 rings (SSSR count). The van der Waals surface area contributed by atoms with Crippen LogP contribution < -0.4 is 4.90 Å². The van der Waals surface area contributed by atoms with Gasteiger partial charge in [-0.1, -0.05) is 13.8 Å². The minimum absolute atomic E-state index is 0.315. The van der Waals surface area contributed by atoms with E-state index in [9.17, 15) is 9.90 Å². The summed E-state index contributed by atoms with van der Waals surface area (Å²) in [5.74, 6) is 0.269. The molecule has 0 fully saturated rings. The first-order valence-corrected chi connectivity index (χ1v) is 5.90. The molecular weight excluding hydrogens is 218 g/mol. The number of aryl methyl sites for hydroxylation is 2. The Labute approximate surface area is 102 Å². The maximum Gasteiger partial charge on any atom is 0.341 e. The third-order valence-electron chi connectivity index (χ3n) is 2.67. The monoisotopic (exact) mass is 239 g/mol. The Morgan fingerprint density at radius 3 is 2.53 bits per heavy atom. The average molecular weight is 239 g/mol. The van der Waals surface area contributed by atoms with Crippen LogP contribution in [0.3, 0.4) is 0 Å². The van der Waals surface area contributed by atoms with Crippen molar-refractivity contribution in [3.8, 4) is 0 Å². The van der Waals surface area contributed by atoms with Crippen LogP contribution in [0.25, 0.3) is 0 Å². The van der Waals surface area contributed by atoms with Gasteiger partial charge < -0.3 is 10.0 Å². The van der Waals surface area contributed by atoms with E-state index in [1.165, 1.54) is 0 Å². The predicted molar refractivity (Wildman–Crippen MR) is 67.6 cm³/mol. The van der Waals surface area contributed by atoms with E-state index < -0.39 is 5.97 Å². The molecule has 17 heavy (non-hydrogen) atoms. The number of aromatic nitrogens is 2. The number of nitrogens with zero attached hydrogens (tertiary/aromatic N) is 3. The summed E-state index contributed by atoms with van der Waals surface area (Å²) in [6.45, 7) is 9.60. The molecule has 1 N–H and O–H groups in total. The topological polar surface area (TPSA) is 58.4 Å². The molecule has 0 spiro atoms. The standard InChI is InChI=1S/C12H21N3O2/c1-6-15(7-8(2)3)11-10(12(16)17)9(4)13-14(11)5/h8H,6-7H2,1-5H3,(H,16,17). The first kappa shape index (κ1) is 13.5. The van der Waals surface area contributed by atoms with Crippen molar-refractivity contribution in [2.75, 3.05) is 18.0 Å². The fourth-order valence-electron chi connectivity index (χ4n) is 2.07. The van der Waals surface area contributed by atoms with Crippen LogP contribution in [0.15, 0.2) is 0 Å². The molecule has 5 nitrogen and oxygen atoms in total. The van der Waals surface area contributed by atoms with Gasteiger partial charge in [-0.2, -0.15) is 5.10 Å². The highest BCUT2D eigenvalue weighted by atomic mass is 16.4. The lowest BCUT2D eigenvalue weighted by Crippen LogP contribution is -2.30. The molecule has 96 valence electrons. The third kappa shape index (κ3) is 2.78. The van der Waals surface area contributed by atoms with Crippen molar-refractivity contribution in [3.05, 3.63) is 11.3 Å². The van der Waals surface area contributed by atoms with Crippen LogP contribution in [0.1, 0.15) is 36.8 Å². The number of aromatic carboxylic acids is 1. The fraction of sp³-hybridized carbons (Fsp3) is 0.667. The second kappa shape index (κ2) is 5.21. The molecule has 1 heterocycles. The van der Waals surface area contributed by atoms with Crippen LogP contribution >= 0.6 is 0 Å². The summed E-state index contributed by atoms with van der Waals surface area (Å²) in [6, 6.07) is 0. The minimum Gasteiger partial charge on any atom is -0.477 e. The zero-order valence-corrected chi connectivity index (χ0v) is 11.2.